The number of hydrogen-bond acceptors (Lipinski definition) is 3. The molecule has 1 heterocycles. The fraction of sp³-hybridized carbons (Fsp3) is 0.625. The van der Waals surface area contributed by atoms with Crippen molar-refractivity contribution < 1.29 is 4.79 Å². The van der Waals surface area contributed by atoms with Gasteiger partial charge in [0.2, 0.25) is 0 Å². The lowest BCUT2D eigenvalue weighted by Gasteiger charge is -2.14. The molecule has 20 heavy (non-hydrogen) atoms. The summed E-state index contributed by atoms with van der Waals surface area (Å²) < 4.78 is 0. The van der Waals surface area contributed by atoms with Gasteiger partial charge in [-0.1, -0.05) is 33.1 Å². The second kappa shape index (κ2) is 8.56. The minimum atomic E-state index is -0.00939. The standard InChI is InChI=1S/C16H27N3O/c1-5-7-9-12(3)18-16(20)13-10-14(8-6-2)19-15(11-13)17-4/h10-12H,5-9H2,1-4H3,(H,17,19)(H,18,20). The van der Waals surface area contributed by atoms with E-state index in [0.717, 1.165) is 43.6 Å². The molecule has 1 amide bonds. The molecule has 0 spiro atoms. The van der Waals surface area contributed by atoms with Gasteiger partial charge in [0, 0.05) is 24.3 Å². The summed E-state index contributed by atoms with van der Waals surface area (Å²) in [5, 5.41) is 6.07. The summed E-state index contributed by atoms with van der Waals surface area (Å²) in [6.45, 7) is 6.33. The molecule has 1 unspecified atom stereocenters. The number of aryl methyl sites for hydroxylation is 1. The van der Waals surface area contributed by atoms with E-state index in [-0.39, 0.29) is 11.9 Å². The minimum absolute atomic E-state index is 0.00939. The summed E-state index contributed by atoms with van der Waals surface area (Å²) in [5.41, 5.74) is 1.65. The highest BCUT2D eigenvalue weighted by Gasteiger charge is 2.12. The van der Waals surface area contributed by atoms with Gasteiger partial charge in [0.15, 0.2) is 0 Å². The van der Waals surface area contributed by atoms with E-state index >= 15 is 0 Å². The number of carbonyl (C=O) groups excluding carboxylic acids is 1. The maximum absolute atomic E-state index is 12.3. The maximum atomic E-state index is 12.3. The van der Waals surface area contributed by atoms with E-state index in [1.54, 1.807) is 6.07 Å². The van der Waals surface area contributed by atoms with E-state index in [1.807, 2.05) is 13.1 Å². The van der Waals surface area contributed by atoms with Crippen LogP contribution in [0.1, 0.15) is 62.5 Å². The fourth-order valence-electron chi connectivity index (χ4n) is 2.12. The number of rotatable bonds is 8. The van der Waals surface area contributed by atoms with Gasteiger partial charge in [0.25, 0.3) is 5.91 Å². The molecule has 0 aliphatic heterocycles. The van der Waals surface area contributed by atoms with Crippen LogP contribution in [0.25, 0.3) is 0 Å². The Morgan fingerprint density at radius 3 is 2.65 bits per heavy atom. The molecule has 4 heteroatoms. The number of nitrogens with one attached hydrogen (secondary N) is 2. The van der Waals surface area contributed by atoms with Crippen molar-refractivity contribution in [3.8, 4) is 0 Å². The third kappa shape index (κ3) is 5.19. The Hall–Kier alpha value is -1.58. The van der Waals surface area contributed by atoms with E-state index < -0.39 is 0 Å². The first-order valence-electron chi connectivity index (χ1n) is 7.60. The number of aromatic nitrogens is 1. The van der Waals surface area contributed by atoms with Crippen LogP contribution in [0.5, 0.6) is 0 Å². The molecule has 0 saturated carbocycles. The number of pyridine rings is 1. The van der Waals surface area contributed by atoms with E-state index in [4.69, 9.17) is 0 Å². The lowest BCUT2D eigenvalue weighted by molar-refractivity contribution is 0.0938. The second-order valence-corrected chi connectivity index (χ2v) is 5.25. The van der Waals surface area contributed by atoms with E-state index in [0.29, 0.717) is 5.56 Å². The van der Waals surface area contributed by atoms with Crippen molar-refractivity contribution >= 4 is 11.7 Å². The Morgan fingerprint density at radius 1 is 1.30 bits per heavy atom. The van der Waals surface area contributed by atoms with Crippen LogP contribution in [0, 0.1) is 0 Å². The molecule has 1 rings (SSSR count). The summed E-state index contributed by atoms with van der Waals surface area (Å²) >= 11 is 0. The first-order chi connectivity index (χ1) is 9.60. The van der Waals surface area contributed by atoms with Crippen LogP contribution in [-0.2, 0) is 6.42 Å². The molecular weight excluding hydrogens is 250 g/mol. The molecule has 0 aliphatic carbocycles. The highest BCUT2D eigenvalue weighted by Crippen LogP contribution is 2.12. The lowest BCUT2D eigenvalue weighted by atomic mass is 10.1. The Kier molecular flexibility index (Phi) is 7.05. The normalized spacial score (nSPS) is 12.0. The van der Waals surface area contributed by atoms with Gasteiger partial charge in [-0.3, -0.25) is 4.79 Å². The monoisotopic (exact) mass is 277 g/mol. The smallest absolute Gasteiger partial charge is 0.251 e. The Bertz CT molecular complexity index is 432. The molecule has 0 aromatic carbocycles. The zero-order chi connectivity index (χ0) is 15.0. The van der Waals surface area contributed by atoms with Crippen molar-refractivity contribution in [3.05, 3.63) is 23.4 Å². The van der Waals surface area contributed by atoms with Crippen LogP contribution in [0.2, 0.25) is 0 Å². The molecule has 2 N–H and O–H groups in total. The molecule has 112 valence electrons. The summed E-state index contributed by atoms with van der Waals surface area (Å²) in [7, 11) is 1.82. The van der Waals surface area contributed by atoms with Crippen molar-refractivity contribution in [2.24, 2.45) is 0 Å². The number of unbranched alkanes of at least 4 members (excludes halogenated alkanes) is 1. The summed E-state index contributed by atoms with van der Waals surface area (Å²) in [4.78, 5) is 16.7. The highest BCUT2D eigenvalue weighted by molar-refractivity contribution is 5.95. The molecule has 0 fully saturated rings. The third-order valence-corrected chi connectivity index (χ3v) is 3.27. The zero-order valence-corrected chi connectivity index (χ0v) is 13.1. The predicted molar refractivity (Wildman–Crippen MR) is 84.2 cm³/mol. The molecule has 1 atom stereocenters. The molecule has 0 radical (unpaired) electrons. The first-order valence-corrected chi connectivity index (χ1v) is 7.60. The molecule has 1 aromatic rings. The van der Waals surface area contributed by atoms with Crippen LogP contribution in [0.15, 0.2) is 12.1 Å². The Labute approximate surface area is 122 Å². The largest absolute Gasteiger partial charge is 0.373 e. The highest BCUT2D eigenvalue weighted by atomic mass is 16.1. The van der Waals surface area contributed by atoms with Gasteiger partial charge in [0.05, 0.1) is 0 Å². The second-order valence-electron chi connectivity index (χ2n) is 5.25. The average Bonchev–Trinajstić information content (AvgIpc) is 2.45. The number of hydrogen-bond donors (Lipinski definition) is 2. The van der Waals surface area contributed by atoms with Gasteiger partial charge in [0.1, 0.15) is 5.82 Å². The van der Waals surface area contributed by atoms with Crippen molar-refractivity contribution in [3.63, 3.8) is 0 Å². The summed E-state index contributed by atoms with van der Waals surface area (Å²) in [6.07, 6.45) is 5.23. The quantitative estimate of drug-likeness (QED) is 0.766. The third-order valence-electron chi connectivity index (χ3n) is 3.27. The van der Waals surface area contributed by atoms with Gasteiger partial charge in [-0.2, -0.15) is 0 Å². The van der Waals surface area contributed by atoms with Crippen molar-refractivity contribution in [1.29, 1.82) is 0 Å². The number of nitrogens with zero attached hydrogens (tertiary/aromatic N) is 1. The molecule has 1 aromatic heterocycles. The number of amides is 1. The van der Waals surface area contributed by atoms with Crippen LogP contribution >= 0.6 is 0 Å². The van der Waals surface area contributed by atoms with Gasteiger partial charge >= 0.3 is 0 Å². The zero-order valence-electron chi connectivity index (χ0n) is 13.1. The lowest BCUT2D eigenvalue weighted by Crippen LogP contribution is -2.32. The van der Waals surface area contributed by atoms with Gasteiger partial charge < -0.3 is 10.6 Å². The topological polar surface area (TPSA) is 54.0 Å². The number of carbonyl (C=O) groups is 1. The average molecular weight is 277 g/mol. The van der Waals surface area contributed by atoms with E-state index in [2.05, 4.69) is 36.4 Å². The Balaban J connectivity index is 2.77. The molecular formula is C16H27N3O. The van der Waals surface area contributed by atoms with Gasteiger partial charge in [-0.25, -0.2) is 4.98 Å². The maximum Gasteiger partial charge on any atom is 0.251 e. The van der Waals surface area contributed by atoms with Crippen molar-refractivity contribution in [2.45, 2.75) is 58.9 Å². The van der Waals surface area contributed by atoms with Crippen LogP contribution in [0.4, 0.5) is 5.82 Å². The summed E-state index contributed by atoms with van der Waals surface area (Å²) in [5.74, 6) is 0.743. The van der Waals surface area contributed by atoms with Crippen LogP contribution in [0.3, 0.4) is 0 Å². The number of anilines is 1. The van der Waals surface area contributed by atoms with E-state index in [1.165, 1.54) is 0 Å². The fourth-order valence-corrected chi connectivity index (χ4v) is 2.12. The van der Waals surface area contributed by atoms with Crippen LogP contribution in [-0.4, -0.2) is 24.0 Å². The molecule has 4 nitrogen and oxygen atoms in total. The van der Waals surface area contributed by atoms with Crippen LogP contribution < -0.4 is 10.6 Å². The van der Waals surface area contributed by atoms with Crippen molar-refractivity contribution in [1.82, 2.24) is 10.3 Å². The summed E-state index contributed by atoms with van der Waals surface area (Å²) in [6, 6.07) is 3.91. The Morgan fingerprint density at radius 2 is 2.05 bits per heavy atom. The van der Waals surface area contributed by atoms with E-state index in [9.17, 15) is 4.79 Å². The molecule has 0 bridgehead atoms. The first kappa shape index (κ1) is 16.5. The SMILES string of the molecule is CCCCC(C)NC(=O)c1cc(CCC)nc(NC)c1. The van der Waals surface area contributed by atoms with Gasteiger partial charge in [-0.15, -0.1) is 0 Å². The minimum Gasteiger partial charge on any atom is -0.373 e. The molecule has 0 saturated heterocycles. The van der Waals surface area contributed by atoms with Crippen molar-refractivity contribution in [2.75, 3.05) is 12.4 Å². The van der Waals surface area contributed by atoms with Gasteiger partial charge in [-0.05, 0) is 31.9 Å². The predicted octanol–water partition coefficient (Wildman–Crippen LogP) is 3.38. The molecule has 0 aliphatic rings.